The molecule has 2 aliphatic rings. The normalized spacial score (nSPS) is 21.7. The first kappa shape index (κ1) is 16.8. The highest BCUT2D eigenvalue weighted by Gasteiger charge is 2.54. The van der Waals surface area contributed by atoms with Crippen molar-refractivity contribution in [3.63, 3.8) is 0 Å². The van der Waals surface area contributed by atoms with E-state index < -0.39 is 17.5 Å². The van der Waals surface area contributed by atoms with Crippen molar-refractivity contribution in [2.75, 3.05) is 7.11 Å². The van der Waals surface area contributed by atoms with Crippen molar-refractivity contribution in [3.05, 3.63) is 57.3 Å². The number of rotatable bonds is 3. The maximum Gasteiger partial charge on any atom is 0.337 e. The van der Waals surface area contributed by atoms with E-state index in [-0.39, 0.29) is 12.5 Å². The number of nitrogens with one attached hydrogen (secondary N) is 1. The van der Waals surface area contributed by atoms with Gasteiger partial charge in [0.15, 0.2) is 0 Å². The highest BCUT2D eigenvalue weighted by atomic mass is 32.1. The molecule has 6 nitrogen and oxygen atoms in total. The standard InChI is InChI=1S/C19H18N2O4S/c1-25-16(22)13-5-2-4-12(10-13)11-21-17(23)19(20-18(21)24)8-3-6-15-14(19)7-9-26-15/h2,4-5,7,9-10H,3,6,8,11H2,1H3,(H,20,24)/t19-/m1/s1. The number of amides is 3. The number of methoxy groups -OCH3 is 1. The Morgan fingerprint density at radius 2 is 2.19 bits per heavy atom. The van der Waals surface area contributed by atoms with Gasteiger partial charge < -0.3 is 10.1 Å². The van der Waals surface area contributed by atoms with Crippen LogP contribution >= 0.6 is 11.3 Å². The van der Waals surface area contributed by atoms with Crippen LogP contribution in [0.25, 0.3) is 0 Å². The molecule has 1 fully saturated rings. The molecule has 0 saturated carbocycles. The van der Waals surface area contributed by atoms with Gasteiger partial charge in [0, 0.05) is 10.4 Å². The predicted octanol–water partition coefficient (Wildman–Crippen LogP) is 2.82. The third kappa shape index (κ3) is 2.50. The van der Waals surface area contributed by atoms with Crippen LogP contribution in [0.3, 0.4) is 0 Å². The molecule has 2 heterocycles. The molecule has 0 radical (unpaired) electrons. The third-order valence-corrected chi connectivity index (χ3v) is 6.01. The molecule has 4 rings (SSSR count). The first-order valence-corrected chi connectivity index (χ1v) is 9.31. The molecule has 1 atom stereocenters. The molecule has 1 aromatic heterocycles. The van der Waals surface area contributed by atoms with Crippen LogP contribution in [0.4, 0.5) is 4.79 Å². The van der Waals surface area contributed by atoms with E-state index in [1.807, 2.05) is 11.4 Å². The van der Waals surface area contributed by atoms with Gasteiger partial charge in [0.2, 0.25) is 0 Å². The van der Waals surface area contributed by atoms with Crippen LogP contribution in [0, 0.1) is 0 Å². The number of esters is 1. The lowest BCUT2D eigenvalue weighted by molar-refractivity contribution is -0.132. The van der Waals surface area contributed by atoms with Gasteiger partial charge in [-0.1, -0.05) is 12.1 Å². The Hall–Kier alpha value is -2.67. The number of carbonyl (C=O) groups is 3. The van der Waals surface area contributed by atoms with E-state index in [0.29, 0.717) is 17.5 Å². The van der Waals surface area contributed by atoms with Crippen LogP contribution in [0.2, 0.25) is 0 Å². The summed E-state index contributed by atoms with van der Waals surface area (Å²) < 4.78 is 4.73. The molecule has 1 saturated heterocycles. The topological polar surface area (TPSA) is 75.7 Å². The summed E-state index contributed by atoms with van der Waals surface area (Å²) in [6.07, 6.45) is 2.42. The molecular formula is C19H18N2O4S. The number of thiophene rings is 1. The van der Waals surface area contributed by atoms with Crippen molar-refractivity contribution < 1.29 is 19.1 Å². The monoisotopic (exact) mass is 370 g/mol. The average Bonchev–Trinajstić information content (AvgIpc) is 3.22. The fourth-order valence-electron chi connectivity index (χ4n) is 3.78. The highest BCUT2D eigenvalue weighted by molar-refractivity contribution is 7.10. The van der Waals surface area contributed by atoms with Gasteiger partial charge in [0.1, 0.15) is 5.54 Å². The number of urea groups is 1. The van der Waals surface area contributed by atoms with Crippen LogP contribution in [0.1, 0.15) is 39.2 Å². The van der Waals surface area contributed by atoms with Crippen molar-refractivity contribution in [2.24, 2.45) is 0 Å². The van der Waals surface area contributed by atoms with Crippen LogP contribution in [0.15, 0.2) is 35.7 Å². The SMILES string of the molecule is COC(=O)c1cccc(CN2C(=O)N[C@@]3(CCCc4sccc43)C2=O)c1. The van der Waals surface area contributed by atoms with Gasteiger partial charge in [-0.2, -0.15) is 0 Å². The molecule has 0 bridgehead atoms. The van der Waals surface area contributed by atoms with Crippen molar-refractivity contribution in [1.29, 1.82) is 0 Å². The summed E-state index contributed by atoms with van der Waals surface area (Å²) in [6.45, 7) is 0.122. The number of hydrogen-bond acceptors (Lipinski definition) is 5. The van der Waals surface area contributed by atoms with Crippen molar-refractivity contribution in [2.45, 2.75) is 31.3 Å². The molecule has 0 unspecified atom stereocenters. The zero-order valence-corrected chi connectivity index (χ0v) is 15.1. The summed E-state index contributed by atoms with van der Waals surface area (Å²) in [4.78, 5) is 39.9. The Balaban J connectivity index is 1.63. The number of fused-ring (bicyclic) bond motifs is 2. The molecule has 1 N–H and O–H groups in total. The number of aryl methyl sites for hydroxylation is 1. The maximum absolute atomic E-state index is 13.2. The van der Waals surface area contributed by atoms with E-state index in [9.17, 15) is 14.4 Å². The Kier molecular flexibility index (Phi) is 4.03. The molecule has 7 heteroatoms. The second-order valence-corrected chi connectivity index (χ2v) is 7.53. The third-order valence-electron chi connectivity index (χ3n) is 5.03. The van der Waals surface area contributed by atoms with Crippen LogP contribution in [-0.2, 0) is 28.0 Å². The summed E-state index contributed by atoms with van der Waals surface area (Å²) in [5.41, 5.74) is 1.09. The largest absolute Gasteiger partial charge is 0.465 e. The van der Waals surface area contributed by atoms with Crippen LogP contribution in [-0.4, -0.2) is 29.9 Å². The lowest BCUT2D eigenvalue weighted by Crippen LogP contribution is -2.46. The van der Waals surface area contributed by atoms with Crippen molar-refractivity contribution >= 4 is 29.2 Å². The van der Waals surface area contributed by atoms with Gasteiger partial charge >= 0.3 is 12.0 Å². The number of nitrogens with zero attached hydrogens (tertiary/aromatic N) is 1. The molecule has 1 spiro atoms. The smallest absolute Gasteiger partial charge is 0.337 e. The molecule has 1 aliphatic carbocycles. The first-order valence-electron chi connectivity index (χ1n) is 8.43. The molecule has 1 aromatic carbocycles. The summed E-state index contributed by atoms with van der Waals surface area (Å²) in [5.74, 6) is -0.666. The first-order chi connectivity index (χ1) is 12.5. The summed E-state index contributed by atoms with van der Waals surface area (Å²) in [6, 6.07) is 8.34. The van der Waals surface area contributed by atoms with Gasteiger partial charge in [-0.25, -0.2) is 9.59 Å². The zero-order chi connectivity index (χ0) is 18.3. The Morgan fingerprint density at radius 1 is 1.35 bits per heavy atom. The molecule has 3 amide bonds. The van der Waals surface area contributed by atoms with Crippen LogP contribution < -0.4 is 5.32 Å². The van der Waals surface area contributed by atoms with Crippen LogP contribution in [0.5, 0.6) is 0 Å². The van der Waals surface area contributed by atoms with E-state index in [4.69, 9.17) is 4.74 Å². The van der Waals surface area contributed by atoms with E-state index in [1.54, 1.807) is 35.6 Å². The molecule has 134 valence electrons. The van der Waals surface area contributed by atoms with Gasteiger partial charge in [-0.15, -0.1) is 11.3 Å². The van der Waals surface area contributed by atoms with E-state index in [2.05, 4.69) is 5.32 Å². The molecule has 2 aromatic rings. The van der Waals surface area contributed by atoms with Gasteiger partial charge in [0.05, 0.1) is 19.2 Å². The Bertz CT molecular complexity index is 906. The zero-order valence-electron chi connectivity index (χ0n) is 14.3. The summed E-state index contributed by atoms with van der Waals surface area (Å²) >= 11 is 1.63. The number of carbonyl (C=O) groups excluding carboxylic acids is 3. The minimum atomic E-state index is -0.940. The Labute approximate surface area is 154 Å². The maximum atomic E-state index is 13.2. The number of benzene rings is 1. The average molecular weight is 370 g/mol. The molecule has 26 heavy (non-hydrogen) atoms. The lowest BCUT2D eigenvalue weighted by atomic mass is 9.80. The molecular weight excluding hydrogens is 352 g/mol. The minimum absolute atomic E-state index is 0.122. The van der Waals surface area contributed by atoms with E-state index in [1.165, 1.54) is 16.9 Å². The fourth-order valence-corrected chi connectivity index (χ4v) is 4.78. The summed E-state index contributed by atoms with van der Waals surface area (Å²) in [5, 5.41) is 4.90. The number of ether oxygens (including phenoxy) is 1. The van der Waals surface area contributed by atoms with Crippen molar-refractivity contribution in [1.82, 2.24) is 10.2 Å². The second kappa shape index (κ2) is 6.25. The van der Waals surface area contributed by atoms with Gasteiger partial charge in [-0.05, 0) is 48.4 Å². The van der Waals surface area contributed by atoms with Gasteiger partial charge in [0.25, 0.3) is 5.91 Å². The van der Waals surface area contributed by atoms with Gasteiger partial charge in [-0.3, -0.25) is 9.69 Å². The molecule has 1 aliphatic heterocycles. The van der Waals surface area contributed by atoms with E-state index in [0.717, 1.165) is 18.4 Å². The number of hydrogen-bond donors (Lipinski definition) is 1. The highest BCUT2D eigenvalue weighted by Crippen LogP contribution is 2.42. The number of imide groups is 1. The summed E-state index contributed by atoms with van der Waals surface area (Å²) in [7, 11) is 1.32. The van der Waals surface area contributed by atoms with E-state index >= 15 is 0 Å². The predicted molar refractivity (Wildman–Crippen MR) is 95.8 cm³/mol. The Morgan fingerprint density at radius 3 is 3.00 bits per heavy atom. The minimum Gasteiger partial charge on any atom is -0.465 e. The quantitative estimate of drug-likeness (QED) is 0.666. The lowest BCUT2D eigenvalue weighted by Gasteiger charge is -2.31. The fraction of sp³-hybridized carbons (Fsp3) is 0.316. The van der Waals surface area contributed by atoms with Crippen molar-refractivity contribution in [3.8, 4) is 0 Å². The second-order valence-electron chi connectivity index (χ2n) is 6.53.